The number of halogens is 1. The minimum atomic E-state index is -0.504. The van der Waals surface area contributed by atoms with Gasteiger partial charge in [0.1, 0.15) is 11.6 Å². The number of carbonyl (C=O) groups is 1. The van der Waals surface area contributed by atoms with E-state index in [1.165, 1.54) is 37.8 Å². The van der Waals surface area contributed by atoms with Crippen molar-refractivity contribution in [1.29, 1.82) is 0 Å². The van der Waals surface area contributed by atoms with E-state index >= 15 is 0 Å². The maximum atomic E-state index is 13.0. The van der Waals surface area contributed by atoms with Crippen LogP contribution in [0.15, 0.2) is 24.3 Å². The van der Waals surface area contributed by atoms with Gasteiger partial charge >= 0.3 is 0 Å². The molecule has 1 nitrogen and oxygen atoms in total. The fourth-order valence-electron chi connectivity index (χ4n) is 4.15. The molecule has 0 radical (unpaired) electrons. The lowest BCUT2D eigenvalue weighted by molar-refractivity contribution is -0.124. The Balaban J connectivity index is 1.70. The summed E-state index contributed by atoms with van der Waals surface area (Å²) in [4.78, 5) is 12.7. The number of carbonyl (C=O) groups excluding carboxylic acids is 1. The second-order valence-electron chi connectivity index (χ2n) is 7.19. The molecule has 2 aliphatic carbocycles. The zero-order chi connectivity index (χ0) is 14.3. The molecule has 108 valence electrons. The third-order valence-corrected chi connectivity index (χ3v) is 5.60. The molecule has 2 saturated carbocycles. The van der Waals surface area contributed by atoms with Crippen molar-refractivity contribution in [2.75, 3.05) is 0 Å². The van der Waals surface area contributed by atoms with Crippen molar-refractivity contribution in [3.63, 3.8) is 0 Å². The van der Waals surface area contributed by atoms with Crippen molar-refractivity contribution >= 4 is 5.78 Å². The van der Waals surface area contributed by atoms with E-state index < -0.39 is 5.41 Å². The molecule has 0 aromatic heterocycles. The number of Topliss-reactive ketones (excluding diaryl/α,β-unsaturated/α-hetero) is 1. The summed E-state index contributed by atoms with van der Waals surface area (Å²) < 4.78 is 13.0. The van der Waals surface area contributed by atoms with E-state index in [-0.39, 0.29) is 5.82 Å². The smallest absolute Gasteiger partial charge is 0.143 e. The molecule has 3 rings (SSSR count). The molecule has 0 spiro atoms. The molecule has 1 aromatic carbocycles. The quantitative estimate of drug-likeness (QED) is 0.790. The number of hydrogen-bond donors (Lipinski definition) is 0. The van der Waals surface area contributed by atoms with Gasteiger partial charge in [0.15, 0.2) is 0 Å². The summed E-state index contributed by atoms with van der Waals surface area (Å²) in [5.41, 5.74) is 0.419. The van der Waals surface area contributed by atoms with E-state index in [0.29, 0.717) is 18.1 Å². The monoisotopic (exact) mass is 274 g/mol. The molecule has 0 N–H and O–H groups in total. The number of hydrogen-bond acceptors (Lipinski definition) is 1. The van der Waals surface area contributed by atoms with Crippen LogP contribution in [0.4, 0.5) is 4.39 Å². The fourth-order valence-corrected chi connectivity index (χ4v) is 4.15. The van der Waals surface area contributed by atoms with Crippen LogP contribution >= 0.6 is 0 Å². The average molecular weight is 274 g/mol. The standard InChI is InChI=1S/C18H23FO/c1-18(2,15-5-7-16(19)8-6-15)17(20)11-14-10-12-3-4-13(14)9-12/h5-8,12-14H,3-4,9-11H2,1-2H3. The highest BCUT2D eigenvalue weighted by molar-refractivity contribution is 5.89. The number of rotatable bonds is 4. The van der Waals surface area contributed by atoms with Crippen molar-refractivity contribution in [2.45, 2.75) is 51.4 Å². The highest BCUT2D eigenvalue weighted by Crippen LogP contribution is 2.50. The lowest BCUT2D eigenvalue weighted by Crippen LogP contribution is -2.31. The molecule has 0 aliphatic heterocycles. The maximum Gasteiger partial charge on any atom is 0.143 e. The minimum Gasteiger partial charge on any atom is -0.299 e. The Morgan fingerprint density at radius 3 is 2.45 bits per heavy atom. The van der Waals surface area contributed by atoms with Gasteiger partial charge in [-0.1, -0.05) is 18.6 Å². The van der Waals surface area contributed by atoms with Gasteiger partial charge in [0, 0.05) is 11.8 Å². The lowest BCUT2D eigenvalue weighted by atomic mass is 9.75. The van der Waals surface area contributed by atoms with Gasteiger partial charge in [-0.3, -0.25) is 4.79 Å². The largest absolute Gasteiger partial charge is 0.299 e. The van der Waals surface area contributed by atoms with Gasteiger partial charge in [-0.15, -0.1) is 0 Å². The van der Waals surface area contributed by atoms with Crippen LogP contribution in [0.2, 0.25) is 0 Å². The van der Waals surface area contributed by atoms with Crippen molar-refractivity contribution in [2.24, 2.45) is 17.8 Å². The summed E-state index contributed by atoms with van der Waals surface area (Å²) in [6.07, 6.45) is 5.98. The highest BCUT2D eigenvalue weighted by atomic mass is 19.1. The number of fused-ring (bicyclic) bond motifs is 2. The molecule has 20 heavy (non-hydrogen) atoms. The first-order chi connectivity index (χ1) is 9.46. The Bertz CT molecular complexity index is 503. The van der Waals surface area contributed by atoms with Crippen molar-refractivity contribution in [1.82, 2.24) is 0 Å². The molecule has 2 fully saturated rings. The first-order valence-electron chi connectivity index (χ1n) is 7.76. The molecule has 0 heterocycles. The van der Waals surface area contributed by atoms with Crippen LogP contribution in [0, 0.1) is 23.6 Å². The Kier molecular flexibility index (Phi) is 3.43. The van der Waals surface area contributed by atoms with Gasteiger partial charge in [0.2, 0.25) is 0 Å². The Labute approximate surface area is 120 Å². The Hall–Kier alpha value is -1.18. The summed E-state index contributed by atoms with van der Waals surface area (Å²) in [5, 5.41) is 0. The topological polar surface area (TPSA) is 17.1 Å². The van der Waals surface area contributed by atoms with Crippen molar-refractivity contribution in [3.05, 3.63) is 35.6 Å². The van der Waals surface area contributed by atoms with Crippen LogP contribution in [0.5, 0.6) is 0 Å². The van der Waals surface area contributed by atoms with Gasteiger partial charge in [-0.25, -0.2) is 4.39 Å². The van der Waals surface area contributed by atoms with E-state index in [1.807, 2.05) is 13.8 Å². The minimum absolute atomic E-state index is 0.245. The van der Waals surface area contributed by atoms with E-state index in [9.17, 15) is 9.18 Å². The number of benzene rings is 1. The zero-order valence-electron chi connectivity index (χ0n) is 12.4. The predicted molar refractivity (Wildman–Crippen MR) is 78.0 cm³/mol. The van der Waals surface area contributed by atoms with Crippen LogP contribution in [0.3, 0.4) is 0 Å². The second-order valence-corrected chi connectivity index (χ2v) is 7.19. The summed E-state index contributed by atoms with van der Waals surface area (Å²) in [7, 11) is 0. The average Bonchev–Trinajstić information content (AvgIpc) is 3.01. The van der Waals surface area contributed by atoms with Crippen LogP contribution in [-0.2, 0) is 10.2 Å². The highest BCUT2D eigenvalue weighted by Gasteiger charge is 2.42. The molecule has 0 amide bonds. The molecular weight excluding hydrogens is 251 g/mol. The van der Waals surface area contributed by atoms with E-state index in [1.54, 1.807) is 12.1 Å². The van der Waals surface area contributed by atoms with Crippen LogP contribution in [0.1, 0.15) is 51.5 Å². The number of ketones is 1. The lowest BCUT2D eigenvalue weighted by Gasteiger charge is -2.28. The first kappa shape index (κ1) is 13.8. The SMILES string of the molecule is CC(C)(C(=O)CC1CC2CCC1C2)c1ccc(F)cc1. The van der Waals surface area contributed by atoms with Crippen LogP contribution < -0.4 is 0 Å². The summed E-state index contributed by atoms with van der Waals surface area (Å²) in [5.74, 6) is 2.33. The van der Waals surface area contributed by atoms with Crippen LogP contribution in [0.25, 0.3) is 0 Å². The van der Waals surface area contributed by atoms with Gasteiger partial charge in [0.25, 0.3) is 0 Å². The van der Waals surface area contributed by atoms with Crippen LogP contribution in [-0.4, -0.2) is 5.78 Å². The third-order valence-electron chi connectivity index (χ3n) is 5.60. The first-order valence-corrected chi connectivity index (χ1v) is 7.76. The Morgan fingerprint density at radius 2 is 1.90 bits per heavy atom. The molecule has 0 saturated heterocycles. The normalized spacial score (nSPS) is 28.9. The zero-order valence-corrected chi connectivity index (χ0v) is 12.4. The molecule has 3 atom stereocenters. The molecule has 1 aromatic rings. The molecular formula is C18H23FO. The summed E-state index contributed by atoms with van der Waals surface area (Å²) >= 11 is 0. The second kappa shape index (κ2) is 4.98. The molecule has 3 unspecified atom stereocenters. The molecule has 2 bridgehead atoms. The summed E-state index contributed by atoms with van der Waals surface area (Å²) in [6.45, 7) is 3.94. The molecule has 2 aliphatic rings. The van der Waals surface area contributed by atoms with Gasteiger partial charge in [0.05, 0.1) is 0 Å². The van der Waals surface area contributed by atoms with Gasteiger partial charge in [-0.05, 0) is 68.6 Å². The van der Waals surface area contributed by atoms with Crippen molar-refractivity contribution in [3.8, 4) is 0 Å². The Morgan fingerprint density at radius 1 is 1.20 bits per heavy atom. The fraction of sp³-hybridized carbons (Fsp3) is 0.611. The predicted octanol–water partition coefficient (Wildman–Crippen LogP) is 4.50. The molecule has 2 heteroatoms. The van der Waals surface area contributed by atoms with Gasteiger partial charge in [-0.2, -0.15) is 0 Å². The van der Waals surface area contributed by atoms with E-state index in [2.05, 4.69) is 0 Å². The summed E-state index contributed by atoms with van der Waals surface area (Å²) in [6, 6.07) is 6.38. The third kappa shape index (κ3) is 2.41. The van der Waals surface area contributed by atoms with E-state index in [0.717, 1.165) is 17.4 Å². The maximum absolute atomic E-state index is 13.0. The van der Waals surface area contributed by atoms with Crippen molar-refractivity contribution < 1.29 is 9.18 Å². The van der Waals surface area contributed by atoms with E-state index in [4.69, 9.17) is 0 Å². The van der Waals surface area contributed by atoms with Gasteiger partial charge < -0.3 is 0 Å².